The predicted octanol–water partition coefficient (Wildman–Crippen LogP) is 0.937. The van der Waals surface area contributed by atoms with Crippen molar-refractivity contribution in [3.63, 3.8) is 0 Å². The lowest BCUT2D eigenvalue weighted by atomic mass is 9.96. The summed E-state index contributed by atoms with van der Waals surface area (Å²) in [6, 6.07) is 0. The van der Waals surface area contributed by atoms with Crippen LogP contribution in [0, 0.1) is 18.3 Å². The summed E-state index contributed by atoms with van der Waals surface area (Å²) >= 11 is 0. The zero-order valence-corrected chi connectivity index (χ0v) is 9.48. The van der Waals surface area contributed by atoms with E-state index in [-0.39, 0.29) is 5.92 Å². The van der Waals surface area contributed by atoms with Crippen LogP contribution in [-0.2, 0) is 0 Å². The molecule has 5 nitrogen and oxygen atoms in total. The normalized spacial score (nSPS) is 17.4. The maximum atomic E-state index is 7.43. The molecule has 0 spiro atoms. The molecule has 5 heteroatoms. The molecule has 0 aliphatic carbocycles. The Labute approximate surface area is 95.2 Å². The predicted molar refractivity (Wildman–Crippen MR) is 63.6 cm³/mol. The van der Waals surface area contributed by atoms with E-state index in [9.17, 15) is 0 Å². The van der Waals surface area contributed by atoms with E-state index in [1.807, 2.05) is 6.92 Å². The van der Waals surface area contributed by atoms with Crippen LogP contribution in [0.2, 0.25) is 0 Å². The molecular formula is C11H17N5. The fourth-order valence-corrected chi connectivity index (χ4v) is 2.11. The average Bonchev–Trinajstić information content (AvgIpc) is 2.30. The van der Waals surface area contributed by atoms with Crippen molar-refractivity contribution in [2.24, 2.45) is 11.7 Å². The Morgan fingerprint density at radius 1 is 1.38 bits per heavy atom. The highest BCUT2D eigenvalue weighted by Crippen LogP contribution is 2.22. The zero-order valence-electron chi connectivity index (χ0n) is 9.48. The fraction of sp³-hybridized carbons (Fsp3) is 0.545. The molecule has 0 bridgehead atoms. The summed E-state index contributed by atoms with van der Waals surface area (Å²) in [6.45, 7) is 3.78. The van der Waals surface area contributed by atoms with E-state index >= 15 is 0 Å². The van der Waals surface area contributed by atoms with E-state index in [2.05, 4.69) is 14.9 Å². The SMILES string of the molecule is Cc1nccnc1N1CCC(C(=N)N)CC1. The smallest absolute Gasteiger partial charge is 0.150 e. The molecule has 0 unspecified atom stereocenters. The van der Waals surface area contributed by atoms with Gasteiger partial charge in [-0.25, -0.2) is 4.98 Å². The second kappa shape index (κ2) is 4.47. The second-order valence-electron chi connectivity index (χ2n) is 4.18. The van der Waals surface area contributed by atoms with Crippen LogP contribution >= 0.6 is 0 Å². The van der Waals surface area contributed by atoms with Crippen molar-refractivity contribution in [1.29, 1.82) is 5.41 Å². The Morgan fingerprint density at radius 3 is 2.56 bits per heavy atom. The molecule has 0 saturated carbocycles. The molecule has 0 amide bonds. The third-order valence-corrected chi connectivity index (χ3v) is 3.09. The van der Waals surface area contributed by atoms with Gasteiger partial charge in [0.15, 0.2) is 0 Å². The third-order valence-electron chi connectivity index (χ3n) is 3.09. The Hall–Kier alpha value is -1.65. The van der Waals surface area contributed by atoms with Gasteiger partial charge in [0.05, 0.1) is 11.5 Å². The molecule has 1 aromatic heterocycles. The van der Waals surface area contributed by atoms with E-state index in [0.29, 0.717) is 5.84 Å². The first kappa shape index (κ1) is 10.9. The minimum absolute atomic E-state index is 0.244. The van der Waals surface area contributed by atoms with Crippen molar-refractivity contribution in [3.8, 4) is 0 Å². The first-order chi connectivity index (χ1) is 7.68. The highest BCUT2D eigenvalue weighted by Gasteiger charge is 2.22. The first-order valence-corrected chi connectivity index (χ1v) is 5.55. The molecule has 0 atom stereocenters. The summed E-state index contributed by atoms with van der Waals surface area (Å²) in [6.07, 6.45) is 5.30. The summed E-state index contributed by atoms with van der Waals surface area (Å²) in [5, 5.41) is 7.43. The molecule has 1 aliphatic heterocycles. The standard InChI is InChI=1S/C11H17N5/c1-8-11(15-5-4-14-8)16-6-2-9(3-7-16)10(12)13/h4-5,9H,2-3,6-7H2,1H3,(H3,12,13). The molecular weight excluding hydrogens is 202 g/mol. The van der Waals surface area contributed by atoms with Crippen molar-refractivity contribution in [2.75, 3.05) is 18.0 Å². The number of aryl methyl sites for hydroxylation is 1. The van der Waals surface area contributed by atoms with Crippen molar-refractivity contribution < 1.29 is 0 Å². The molecule has 2 rings (SSSR count). The van der Waals surface area contributed by atoms with Crippen LogP contribution in [0.1, 0.15) is 18.5 Å². The lowest BCUT2D eigenvalue weighted by Crippen LogP contribution is -2.39. The highest BCUT2D eigenvalue weighted by molar-refractivity contribution is 5.79. The molecule has 3 N–H and O–H groups in total. The van der Waals surface area contributed by atoms with Gasteiger partial charge in [-0.1, -0.05) is 0 Å². The number of piperidine rings is 1. The van der Waals surface area contributed by atoms with Crippen molar-refractivity contribution in [3.05, 3.63) is 18.1 Å². The van der Waals surface area contributed by atoms with Gasteiger partial charge in [-0.2, -0.15) is 0 Å². The monoisotopic (exact) mass is 219 g/mol. The van der Waals surface area contributed by atoms with Gasteiger partial charge in [0.25, 0.3) is 0 Å². The molecule has 86 valence electrons. The number of hydrogen-bond donors (Lipinski definition) is 2. The van der Waals surface area contributed by atoms with Gasteiger partial charge in [-0.05, 0) is 19.8 Å². The summed E-state index contributed by atoms with van der Waals surface area (Å²) in [5.74, 6) is 1.52. The van der Waals surface area contributed by atoms with Crippen LogP contribution in [-0.4, -0.2) is 28.9 Å². The quantitative estimate of drug-likeness (QED) is 0.573. The maximum absolute atomic E-state index is 7.43. The molecule has 1 aromatic rings. The Kier molecular flexibility index (Phi) is 3.03. The van der Waals surface area contributed by atoms with Crippen molar-refractivity contribution >= 4 is 11.7 Å². The van der Waals surface area contributed by atoms with E-state index in [4.69, 9.17) is 11.1 Å². The number of anilines is 1. The molecule has 1 fully saturated rings. The Morgan fingerprint density at radius 2 is 2.00 bits per heavy atom. The van der Waals surface area contributed by atoms with Gasteiger partial charge in [0, 0.05) is 31.4 Å². The largest absolute Gasteiger partial charge is 0.387 e. The van der Waals surface area contributed by atoms with Crippen LogP contribution in [0.5, 0.6) is 0 Å². The molecule has 0 radical (unpaired) electrons. The molecule has 2 heterocycles. The number of amidine groups is 1. The van der Waals surface area contributed by atoms with Gasteiger partial charge < -0.3 is 10.6 Å². The molecule has 1 aliphatic rings. The topological polar surface area (TPSA) is 78.9 Å². The van der Waals surface area contributed by atoms with Crippen molar-refractivity contribution in [1.82, 2.24) is 9.97 Å². The number of nitrogens with two attached hydrogens (primary N) is 1. The van der Waals surface area contributed by atoms with Gasteiger partial charge in [0.2, 0.25) is 0 Å². The summed E-state index contributed by atoms with van der Waals surface area (Å²) < 4.78 is 0. The van der Waals surface area contributed by atoms with E-state index in [1.165, 1.54) is 0 Å². The van der Waals surface area contributed by atoms with Gasteiger partial charge >= 0.3 is 0 Å². The van der Waals surface area contributed by atoms with Gasteiger partial charge in [0.1, 0.15) is 5.82 Å². The van der Waals surface area contributed by atoms with Crippen LogP contribution in [0.25, 0.3) is 0 Å². The second-order valence-corrected chi connectivity index (χ2v) is 4.18. The van der Waals surface area contributed by atoms with E-state index < -0.39 is 0 Å². The number of rotatable bonds is 2. The van der Waals surface area contributed by atoms with Crippen LogP contribution in [0.4, 0.5) is 5.82 Å². The lowest BCUT2D eigenvalue weighted by Gasteiger charge is -2.32. The summed E-state index contributed by atoms with van der Waals surface area (Å²) in [4.78, 5) is 10.8. The van der Waals surface area contributed by atoms with Gasteiger partial charge in [-0.3, -0.25) is 10.4 Å². The number of aromatic nitrogens is 2. The summed E-state index contributed by atoms with van der Waals surface area (Å²) in [7, 11) is 0. The van der Waals surface area contributed by atoms with E-state index in [0.717, 1.165) is 37.4 Å². The van der Waals surface area contributed by atoms with Crippen LogP contribution < -0.4 is 10.6 Å². The molecule has 1 saturated heterocycles. The minimum Gasteiger partial charge on any atom is -0.387 e. The number of hydrogen-bond acceptors (Lipinski definition) is 4. The highest BCUT2D eigenvalue weighted by atomic mass is 15.2. The molecule has 16 heavy (non-hydrogen) atoms. The molecule has 0 aromatic carbocycles. The van der Waals surface area contributed by atoms with Gasteiger partial charge in [-0.15, -0.1) is 0 Å². The number of nitrogens with one attached hydrogen (secondary N) is 1. The number of nitrogens with zero attached hydrogens (tertiary/aromatic N) is 3. The maximum Gasteiger partial charge on any atom is 0.150 e. The van der Waals surface area contributed by atoms with Crippen LogP contribution in [0.3, 0.4) is 0 Å². The fourth-order valence-electron chi connectivity index (χ4n) is 2.11. The zero-order chi connectivity index (χ0) is 11.5. The average molecular weight is 219 g/mol. The van der Waals surface area contributed by atoms with Crippen molar-refractivity contribution in [2.45, 2.75) is 19.8 Å². The third kappa shape index (κ3) is 2.13. The van der Waals surface area contributed by atoms with Crippen LogP contribution in [0.15, 0.2) is 12.4 Å². The Bertz CT molecular complexity index is 382. The first-order valence-electron chi connectivity index (χ1n) is 5.55. The summed E-state index contributed by atoms with van der Waals surface area (Å²) in [5.41, 5.74) is 6.48. The Balaban J connectivity index is 2.05. The lowest BCUT2D eigenvalue weighted by molar-refractivity contribution is 0.494. The minimum atomic E-state index is 0.244. The van der Waals surface area contributed by atoms with E-state index in [1.54, 1.807) is 12.4 Å².